The van der Waals surface area contributed by atoms with Crippen LogP contribution in [0.15, 0.2) is 54.6 Å². The van der Waals surface area contributed by atoms with Gasteiger partial charge in [0, 0.05) is 11.1 Å². The zero-order valence-electron chi connectivity index (χ0n) is 10.0. The van der Waals surface area contributed by atoms with E-state index in [9.17, 15) is 14.7 Å². The molecule has 2 aromatic rings. The van der Waals surface area contributed by atoms with Gasteiger partial charge in [0.25, 0.3) is 6.47 Å². The van der Waals surface area contributed by atoms with E-state index in [1.165, 1.54) is 12.1 Å². The topological polar surface area (TPSA) is 63.6 Å². The minimum atomic E-state index is -1.05. The molecule has 0 aromatic heterocycles. The normalized spacial score (nSPS) is 11.6. The van der Waals surface area contributed by atoms with Crippen molar-refractivity contribution in [1.82, 2.24) is 0 Å². The van der Waals surface area contributed by atoms with Crippen LogP contribution in [0.1, 0.15) is 22.0 Å². The molecule has 0 spiro atoms. The Morgan fingerprint density at radius 1 is 1.11 bits per heavy atom. The minimum absolute atomic E-state index is 0.0119. The molecule has 0 heterocycles. The molecule has 19 heavy (non-hydrogen) atoms. The number of carbonyl (C=O) groups is 2. The van der Waals surface area contributed by atoms with E-state index in [1.54, 1.807) is 42.5 Å². The molecule has 96 valence electrons. The van der Waals surface area contributed by atoms with Crippen LogP contribution < -0.4 is 0 Å². The second kappa shape index (κ2) is 5.82. The predicted molar refractivity (Wildman–Crippen MR) is 68.8 cm³/mol. The lowest BCUT2D eigenvalue weighted by molar-refractivity contribution is -0.132. The molecule has 2 rings (SSSR count). The van der Waals surface area contributed by atoms with Gasteiger partial charge in [-0.2, -0.15) is 0 Å². The summed E-state index contributed by atoms with van der Waals surface area (Å²) in [5.74, 6) is -0.323. The Balaban J connectivity index is 2.35. The van der Waals surface area contributed by atoms with E-state index < -0.39 is 6.10 Å². The number of phenols is 1. The molecule has 0 aliphatic rings. The first-order chi connectivity index (χ1) is 9.22. The van der Waals surface area contributed by atoms with Gasteiger partial charge in [0.15, 0.2) is 6.10 Å². The summed E-state index contributed by atoms with van der Waals surface area (Å²) in [4.78, 5) is 22.9. The lowest BCUT2D eigenvalue weighted by Crippen LogP contribution is -2.15. The van der Waals surface area contributed by atoms with Crippen LogP contribution in [-0.2, 0) is 9.53 Å². The highest BCUT2D eigenvalue weighted by Gasteiger charge is 2.23. The van der Waals surface area contributed by atoms with Crippen molar-refractivity contribution < 1.29 is 19.4 Å². The van der Waals surface area contributed by atoms with Gasteiger partial charge in [0.1, 0.15) is 5.75 Å². The summed E-state index contributed by atoms with van der Waals surface area (Å²) in [6.45, 7) is 0.232. The maximum atomic E-state index is 12.3. The van der Waals surface area contributed by atoms with E-state index >= 15 is 0 Å². The number of ketones is 1. The highest BCUT2D eigenvalue weighted by molar-refractivity contribution is 6.00. The van der Waals surface area contributed by atoms with E-state index in [4.69, 9.17) is 4.74 Å². The quantitative estimate of drug-likeness (QED) is 0.659. The first-order valence-electron chi connectivity index (χ1n) is 5.69. The predicted octanol–water partition coefficient (Wildman–Crippen LogP) is 2.49. The molecule has 0 amide bonds. The largest absolute Gasteiger partial charge is 0.508 e. The third-order valence-electron chi connectivity index (χ3n) is 2.66. The van der Waals surface area contributed by atoms with E-state index in [-0.39, 0.29) is 18.0 Å². The van der Waals surface area contributed by atoms with Crippen LogP contribution in [0.2, 0.25) is 0 Å². The van der Waals surface area contributed by atoms with E-state index in [0.717, 1.165) is 0 Å². The molecular weight excluding hydrogens is 244 g/mol. The van der Waals surface area contributed by atoms with Crippen molar-refractivity contribution in [2.45, 2.75) is 6.10 Å². The van der Waals surface area contributed by atoms with Crippen LogP contribution >= 0.6 is 0 Å². The molecule has 1 unspecified atom stereocenters. The standard InChI is InChI=1S/C15H12O4/c16-10-19-15(12-7-4-8-13(17)9-12)14(18)11-5-2-1-3-6-11/h1-10,15,17H. The SMILES string of the molecule is O=COC(C(=O)c1ccccc1)c1cccc(O)c1. The van der Waals surface area contributed by atoms with Crippen molar-refractivity contribution >= 4 is 12.3 Å². The zero-order valence-corrected chi connectivity index (χ0v) is 10.0. The molecule has 1 atom stereocenters. The number of carbonyl (C=O) groups excluding carboxylic acids is 2. The summed E-state index contributed by atoms with van der Waals surface area (Å²) in [6.07, 6.45) is -1.05. The van der Waals surface area contributed by atoms with Crippen LogP contribution in [0.4, 0.5) is 0 Å². The lowest BCUT2D eigenvalue weighted by atomic mass is 10.00. The van der Waals surface area contributed by atoms with E-state index in [1.807, 2.05) is 0 Å². The van der Waals surface area contributed by atoms with Gasteiger partial charge >= 0.3 is 0 Å². The fourth-order valence-corrected chi connectivity index (χ4v) is 1.79. The first-order valence-corrected chi connectivity index (χ1v) is 5.69. The number of hydrogen-bond donors (Lipinski definition) is 1. The van der Waals surface area contributed by atoms with Gasteiger partial charge in [-0.1, -0.05) is 42.5 Å². The number of aromatic hydroxyl groups is 1. The number of Topliss-reactive ketones (excluding diaryl/α,β-unsaturated/α-hetero) is 1. The summed E-state index contributed by atoms with van der Waals surface area (Å²) >= 11 is 0. The van der Waals surface area contributed by atoms with Gasteiger partial charge in [-0.15, -0.1) is 0 Å². The second-order valence-electron chi connectivity index (χ2n) is 3.94. The van der Waals surface area contributed by atoms with Gasteiger partial charge in [-0.3, -0.25) is 9.59 Å². The molecule has 4 nitrogen and oxygen atoms in total. The maximum absolute atomic E-state index is 12.3. The van der Waals surface area contributed by atoms with Crippen molar-refractivity contribution in [3.05, 3.63) is 65.7 Å². The van der Waals surface area contributed by atoms with Crippen molar-refractivity contribution in [2.75, 3.05) is 0 Å². The van der Waals surface area contributed by atoms with Crippen LogP contribution in [0.25, 0.3) is 0 Å². The summed E-state index contributed by atoms with van der Waals surface area (Å²) < 4.78 is 4.86. The van der Waals surface area contributed by atoms with Crippen molar-refractivity contribution in [2.24, 2.45) is 0 Å². The van der Waals surface area contributed by atoms with E-state index in [2.05, 4.69) is 0 Å². The van der Waals surface area contributed by atoms with Gasteiger partial charge in [0.2, 0.25) is 5.78 Å². The van der Waals surface area contributed by atoms with Crippen molar-refractivity contribution in [3.8, 4) is 5.75 Å². The Bertz CT molecular complexity index is 578. The molecule has 2 aromatic carbocycles. The number of benzene rings is 2. The van der Waals surface area contributed by atoms with Gasteiger partial charge in [0.05, 0.1) is 0 Å². The maximum Gasteiger partial charge on any atom is 0.294 e. The fraction of sp³-hybridized carbons (Fsp3) is 0.0667. The number of rotatable bonds is 5. The summed E-state index contributed by atoms with van der Waals surface area (Å²) in [5.41, 5.74) is 0.874. The molecule has 0 saturated carbocycles. The average Bonchev–Trinajstić information content (AvgIpc) is 2.45. The van der Waals surface area contributed by atoms with Gasteiger partial charge in [-0.05, 0) is 12.1 Å². The molecule has 0 aliphatic carbocycles. The van der Waals surface area contributed by atoms with Crippen molar-refractivity contribution in [3.63, 3.8) is 0 Å². The van der Waals surface area contributed by atoms with Crippen LogP contribution in [0.5, 0.6) is 5.75 Å². The summed E-state index contributed by atoms with van der Waals surface area (Å²) in [6, 6.07) is 14.6. The second-order valence-corrected chi connectivity index (χ2v) is 3.94. The Hall–Kier alpha value is -2.62. The molecule has 4 heteroatoms. The monoisotopic (exact) mass is 256 g/mol. The lowest BCUT2D eigenvalue weighted by Gasteiger charge is -2.14. The summed E-state index contributed by atoms with van der Waals surface area (Å²) in [7, 11) is 0. The minimum Gasteiger partial charge on any atom is -0.508 e. The smallest absolute Gasteiger partial charge is 0.294 e. The molecule has 0 radical (unpaired) electrons. The third-order valence-corrected chi connectivity index (χ3v) is 2.66. The molecule has 0 bridgehead atoms. The third kappa shape index (κ3) is 2.98. The number of ether oxygens (including phenoxy) is 1. The van der Waals surface area contributed by atoms with Crippen LogP contribution in [0, 0.1) is 0 Å². The molecule has 0 fully saturated rings. The number of hydrogen-bond acceptors (Lipinski definition) is 4. The fourth-order valence-electron chi connectivity index (χ4n) is 1.79. The van der Waals surface area contributed by atoms with Gasteiger partial charge in [-0.25, -0.2) is 0 Å². The molecule has 1 N–H and O–H groups in total. The Morgan fingerprint density at radius 3 is 2.47 bits per heavy atom. The van der Waals surface area contributed by atoms with Crippen molar-refractivity contribution in [1.29, 1.82) is 0 Å². The highest BCUT2D eigenvalue weighted by Crippen LogP contribution is 2.24. The first kappa shape index (κ1) is 12.8. The molecule has 0 saturated heterocycles. The average molecular weight is 256 g/mol. The Morgan fingerprint density at radius 2 is 1.84 bits per heavy atom. The zero-order chi connectivity index (χ0) is 13.7. The Kier molecular flexibility index (Phi) is 3.93. The van der Waals surface area contributed by atoms with E-state index in [0.29, 0.717) is 11.1 Å². The Labute approximate surface area is 110 Å². The molecule has 0 aliphatic heterocycles. The van der Waals surface area contributed by atoms with Gasteiger partial charge < -0.3 is 9.84 Å². The number of phenolic OH excluding ortho intramolecular Hbond substituents is 1. The summed E-state index contributed by atoms with van der Waals surface area (Å²) in [5, 5.41) is 9.43. The van der Waals surface area contributed by atoms with Crippen LogP contribution in [0.3, 0.4) is 0 Å². The molecular formula is C15H12O4. The highest BCUT2D eigenvalue weighted by atomic mass is 16.5. The van der Waals surface area contributed by atoms with Crippen LogP contribution in [-0.4, -0.2) is 17.4 Å².